The maximum Gasteiger partial charge on any atom is 0.249 e. The lowest BCUT2D eigenvalue weighted by Gasteiger charge is -2.13. The zero-order valence-electron chi connectivity index (χ0n) is 18.1. The third kappa shape index (κ3) is 3.52. The smallest absolute Gasteiger partial charge is 0.249 e. The number of benzene rings is 2. The van der Waals surface area contributed by atoms with Crippen molar-refractivity contribution in [2.45, 2.75) is 6.92 Å². The topological polar surface area (TPSA) is 82.5 Å². The summed E-state index contributed by atoms with van der Waals surface area (Å²) < 4.78 is 7.97. The summed E-state index contributed by atoms with van der Waals surface area (Å²) in [6, 6.07) is 19.7. The molecule has 1 aliphatic heterocycles. The standard InChI is InChI=1S/C26H17ClN6O/c1-16-29-31-25-19(14-24-30-32-26(34-24)18-5-4-12-28-15-18)13-22(17-8-10-20(27)11-9-17)21-6-2-3-7-23(21)33(16)25/h2-15H,1H3/b19-14+. The summed E-state index contributed by atoms with van der Waals surface area (Å²) in [6.45, 7) is 1.94. The third-order valence-electron chi connectivity index (χ3n) is 5.60. The summed E-state index contributed by atoms with van der Waals surface area (Å²) in [6.07, 6.45) is 7.28. The van der Waals surface area contributed by atoms with E-state index in [4.69, 9.17) is 16.0 Å². The molecule has 2 aromatic carbocycles. The molecule has 0 aliphatic carbocycles. The zero-order valence-corrected chi connectivity index (χ0v) is 18.8. The average molecular weight is 465 g/mol. The average Bonchev–Trinajstić information content (AvgIpc) is 3.46. The fourth-order valence-corrected chi connectivity index (χ4v) is 4.16. The Hall–Kier alpha value is -4.36. The van der Waals surface area contributed by atoms with Crippen LogP contribution in [0.1, 0.15) is 28.7 Å². The Morgan fingerprint density at radius 2 is 1.74 bits per heavy atom. The second kappa shape index (κ2) is 8.20. The van der Waals surface area contributed by atoms with Gasteiger partial charge in [0.2, 0.25) is 11.8 Å². The third-order valence-corrected chi connectivity index (χ3v) is 5.85. The van der Waals surface area contributed by atoms with E-state index in [2.05, 4.69) is 43.6 Å². The molecular weight excluding hydrogens is 448 g/mol. The van der Waals surface area contributed by atoms with Crippen molar-refractivity contribution in [3.8, 4) is 17.1 Å². The maximum atomic E-state index is 6.16. The number of para-hydroxylation sites is 1. The first kappa shape index (κ1) is 20.3. The highest BCUT2D eigenvalue weighted by atomic mass is 35.5. The lowest BCUT2D eigenvalue weighted by atomic mass is 9.95. The van der Waals surface area contributed by atoms with Gasteiger partial charge in [-0.3, -0.25) is 9.55 Å². The first-order valence-corrected chi connectivity index (χ1v) is 11.0. The van der Waals surface area contributed by atoms with E-state index in [1.165, 1.54) is 0 Å². The van der Waals surface area contributed by atoms with Crippen LogP contribution in [0.2, 0.25) is 5.02 Å². The van der Waals surface area contributed by atoms with Gasteiger partial charge in [0.05, 0.1) is 11.3 Å². The van der Waals surface area contributed by atoms with Gasteiger partial charge in [-0.25, -0.2) is 0 Å². The fraction of sp³-hybridized carbons (Fsp3) is 0.0385. The summed E-state index contributed by atoms with van der Waals surface area (Å²) in [5, 5.41) is 17.9. The number of aryl methyl sites for hydroxylation is 1. The number of hydrogen-bond acceptors (Lipinski definition) is 6. The minimum absolute atomic E-state index is 0.360. The van der Waals surface area contributed by atoms with Gasteiger partial charge in [-0.1, -0.05) is 41.9 Å². The number of aromatic nitrogens is 6. The number of rotatable bonds is 3. The molecule has 0 saturated heterocycles. The summed E-state index contributed by atoms with van der Waals surface area (Å²) >= 11 is 6.16. The number of pyridine rings is 1. The highest BCUT2D eigenvalue weighted by Crippen LogP contribution is 2.37. The molecule has 0 radical (unpaired) electrons. The summed E-state index contributed by atoms with van der Waals surface area (Å²) in [5.41, 5.74) is 5.65. The van der Waals surface area contributed by atoms with Crippen LogP contribution < -0.4 is 0 Å². The van der Waals surface area contributed by atoms with Crippen LogP contribution >= 0.6 is 11.6 Å². The molecule has 0 unspecified atom stereocenters. The van der Waals surface area contributed by atoms with Gasteiger partial charge in [-0.2, -0.15) is 0 Å². The Kier molecular flexibility index (Phi) is 4.89. The molecule has 0 fully saturated rings. The van der Waals surface area contributed by atoms with Crippen LogP contribution in [0.25, 0.3) is 34.4 Å². The van der Waals surface area contributed by atoms with Crippen molar-refractivity contribution in [1.29, 1.82) is 0 Å². The van der Waals surface area contributed by atoms with Crippen LogP contribution in [0.4, 0.5) is 0 Å². The van der Waals surface area contributed by atoms with E-state index >= 15 is 0 Å². The van der Waals surface area contributed by atoms with Crippen LogP contribution in [0.3, 0.4) is 0 Å². The number of hydrogen-bond donors (Lipinski definition) is 0. The Morgan fingerprint density at radius 1 is 0.882 bits per heavy atom. The number of nitrogens with zero attached hydrogens (tertiary/aromatic N) is 6. The van der Waals surface area contributed by atoms with Crippen molar-refractivity contribution in [1.82, 2.24) is 29.9 Å². The molecule has 6 rings (SSSR count). The quantitative estimate of drug-likeness (QED) is 0.342. The van der Waals surface area contributed by atoms with E-state index in [1.807, 2.05) is 66.1 Å². The maximum absolute atomic E-state index is 6.16. The molecule has 5 aromatic rings. The van der Waals surface area contributed by atoms with E-state index < -0.39 is 0 Å². The molecule has 164 valence electrons. The number of halogens is 1. The molecule has 7 nitrogen and oxygen atoms in total. The Bertz CT molecular complexity index is 1560. The van der Waals surface area contributed by atoms with Crippen LogP contribution in [0, 0.1) is 6.92 Å². The molecule has 4 heterocycles. The van der Waals surface area contributed by atoms with Crippen molar-refractivity contribution < 1.29 is 4.42 Å². The largest absolute Gasteiger partial charge is 0.417 e. The van der Waals surface area contributed by atoms with Crippen LogP contribution in [0.5, 0.6) is 0 Å². The first-order chi connectivity index (χ1) is 16.7. The minimum Gasteiger partial charge on any atom is -0.417 e. The lowest BCUT2D eigenvalue weighted by molar-refractivity contribution is 0.557. The van der Waals surface area contributed by atoms with Crippen molar-refractivity contribution in [3.63, 3.8) is 0 Å². The Morgan fingerprint density at radius 3 is 2.56 bits per heavy atom. The first-order valence-electron chi connectivity index (χ1n) is 10.6. The second-order valence-corrected chi connectivity index (χ2v) is 8.21. The van der Waals surface area contributed by atoms with E-state index in [9.17, 15) is 0 Å². The highest BCUT2D eigenvalue weighted by Gasteiger charge is 2.23. The van der Waals surface area contributed by atoms with Crippen molar-refractivity contribution >= 4 is 28.8 Å². The van der Waals surface area contributed by atoms with Gasteiger partial charge in [0, 0.05) is 34.6 Å². The Labute approximate surface area is 200 Å². The summed E-state index contributed by atoms with van der Waals surface area (Å²) in [4.78, 5) is 4.12. The van der Waals surface area contributed by atoms with Gasteiger partial charge in [0.15, 0.2) is 5.82 Å². The molecule has 0 saturated carbocycles. The Balaban J connectivity index is 1.56. The molecule has 1 aliphatic rings. The van der Waals surface area contributed by atoms with E-state index in [0.29, 0.717) is 22.6 Å². The molecule has 34 heavy (non-hydrogen) atoms. The van der Waals surface area contributed by atoms with E-state index in [0.717, 1.165) is 39.3 Å². The molecule has 8 heteroatoms. The fourth-order valence-electron chi connectivity index (χ4n) is 4.04. The minimum atomic E-state index is 0.360. The molecule has 0 bridgehead atoms. The molecular formula is C26H17ClN6O. The monoisotopic (exact) mass is 464 g/mol. The molecule has 3 aromatic heterocycles. The lowest BCUT2D eigenvalue weighted by Crippen LogP contribution is -2.03. The zero-order chi connectivity index (χ0) is 23.1. The van der Waals surface area contributed by atoms with Gasteiger partial charge in [-0.05, 0) is 54.5 Å². The van der Waals surface area contributed by atoms with Crippen LogP contribution in [-0.4, -0.2) is 29.9 Å². The highest BCUT2D eigenvalue weighted by molar-refractivity contribution is 6.30. The van der Waals surface area contributed by atoms with Gasteiger partial charge in [-0.15, -0.1) is 20.4 Å². The normalized spacial score (nSPS) is 13.8. The van der Waals surface area contributed by atoms with Gasteiger partial charge >= 0.3 is 0 Å². The number of fused-ring (bicyclic) bond motifs is 3. The summed E-state index contributed by atoms with van der Waals surface area (Å²) in [5.74, 6) is 2.23. The predicted octanol–water partition coefficient (Wildman–Crippen LogP) is 5.66. The summed E-state index contributed by atoms with van der Waals surface area (Å²) in [7, 11) is 0. The van der Waals surface area contributed by atoms with Crippen molar-refractivity contribution in [2.24, 2.45) is 0 Å². The van der Waals surface area contributed by atoms with E-state index in [-0.39, 0.29) is 0 Å². The predicted molar refractivity (Wildman–Crippen MR) is 130 cm³/mol. The van der Waals surface area contributed by atoms with Crippen molar-refractivity contribution in [3.05, 3.63) is 113 Å². The number of allylic oxidation sites excluding steroid dienone is 2. The van der Waals surface area contributed by atoms with Crippen LogP contribution in [-0.2, 0) is 0 Å². The molecule has 0 atom stereocenters. The van der Waals surface area contributed by atoms with Gasteiger partial charge in [0.25, 0.3) is 0 Å². The second-order valence-electron chi connectivity index (χ2n) is 7.78. The van der Waals surface area contributed by atoms with Gasteiger partial charge < -0.3 is 4.42 Å². The van der Waals surface area contributed by atoms with Crippen molar-refractivity contribution in [2.75, 3.05) is 0 Å². The van der Waals surface area contributed by atoms with E-state index in [1.54, 1.807) is 12.4 Å². The molecule has 0 N–H and O–H groups in total. The van der Waals surface area contributed by atoms with Crippen LogP contribution in [0.15, 0.2) is 83.6 Å². The molecule has 0 amide bonds. The SMILES string of the molecule is Cc1nnc2n1-c1ccccc1C(c1ccc(Cl)cc1)=C/C2=C\c1nnc(-c2cccnc2)o1. The molecule has 0 spiro atoms. The van der Waals surface area contributed by atoms with Gasteiger partial charge in [0.1, 0.15) is 5.82 Å².